The number of H-pyrrole nitrogens is 1. The number of pyridine rings is 3. The molecule has 0 spiro atoms. The molecule has 0 bridgehead atoms. The number of carbonyl (C=O) groups is 1. The van der Waals surface area contributed by atoms with Crippen LogP contribution in [0.4, 0.5) is 10.1 Å². The molecular weight excluding hydrogens is 435 g/mol. The molecule has 4 heterocycles. The predicted molar refractivity (Wildman–Crippen MR) is 130 cm³/mol. The summed E-state index contributed by atoms with van der Waals surface area (Å²) in [5.74, 6) is -0.487. The number of anilines is 1. The van der Waals surface area contributed by atoms with E-state index in [4.69, 9.17) is 4.74 Å². The van der Waals surface area contributed by atoms with Crippen molar-refractivity contribution in [2.24, 2.45) is 0 Å². The molecule has 2 N–H and O–H groups in total. The Bertz CT molecular complexity index is 1350. The number of nitrogens with zero attached hydrogens (tertiary/aromatic N) is 4. The van der Waals surface area contributed by atoms with Crippen molar-refractivity contribution in [1.82, 2.24) is 24.8 Å². The van der Waals surface area contributed by atoms with E-state index in [2.05, 4.69) is 25.3 Å². The van der Waals surface area contributed by atoms with Crippen molar-refractivity contribution >= 4 is 22.6 Å². The molecule has 8 nitrogen and oxygen atoms in total. The molecule has 0 aromatic carbocycles. The summed E-state index contributed by atoms with van der Waals surface area (Å²) in [5.41, 5.74) is 4.18. The van der Waals surface area contributed by atoms with Crippen molar-refractivity contribution in [2.75, 3.05) is 32.6 Å². The Morgan fingerprint density at radius 2 is 1.94 bits per heavy atom. The van der Waals surface area contributed by atoms with Gasteiger partial charge < -0.3 is 19.9 Å². The monoisotopic (exact) mass is 460 g/mol. The summed E-state index contributed by atoms with van der Waals surface area (Å²) in [4.78, 5) is 30.0. The molecule has 0 saturated heterocycles. The molecule has 1 amide bonds. The first-order valence-electron chi connectivity index (χ1n) is 10.8. The highest BCUT2D eigenvalue weighted by Gasteiger charge is 2.13. The van der Waals surface area contributed by atoms with Gasteiger partial charge >= 0.3 is 0 Å². The Kier molecular flexibility index (Phi) is 6.93. The Hall–Kier alpha value is -4.11. The summed E-state index contributed by atoms with van der Waals surface area (Å²) in [6.07, 6.45) is 9.87. The van der Waals surface area contributed by atoms with Crippen LogP contribution in [-0.4, -0.2) is 58.0 Å². The van der Waals surface area contributed by atoms with Crippen molar-refractivity contribution in [3.05, 3.63) is 67.2 Å². The largest absolute Gasteiger partial charge is 0.476 e. The number of hydrogen-bond acceptors (Lipinski definition) is 6. The van der Waals surface area contributed by atoms with Crippen LogP contribution in [0.5, 0.6) is 5.88 Å². The van der Waals surface area contributed by atoms with E-state index in [9.17, 15) is 9.18 Å². The first-order valence-corrected chi connectivity index (χ1v) is 10.8. The van der Waals surface area contributed by atoms with E-state index in [0.717, 1.165) is 22.1 Å². The molecule has 4 rings (SSSR count). The van der Waals surface area contributed by atoms with Crippen LogP contribution >= 0.6 is 0 Å². The summed E-state index contributed by atoms with van der Waals surface area (Å²) < 4.78 is 19.3. The molecule has 4 aromatic heterocycles. The fourth-order valence-electron chi connectivity index (χ4n) is 3.47. The molecule has 9 heteroatoms. The van der Waals surface area contributed by atoms with Gasteiger partial charge in [-0.2, -0.15) is 4.39 Å². The summed E-state index contributed by atoms with van der Waals surface area (Å²) in [6, 6.07) is 6.88. The smallest absolute Gasteiger partial charge is 0.248 e. The van der Waals surface area contributed by atoms with Crippen LogP contribution in [0.2, 0.25) is 0 Å². The molecule has 0 saturated carbocycles. The minimum Gasteiger partial charge on any atom is -0.476 e. The summed E-state index contributed by atoms with van der Waals surface area (Å²) >= 11 is 0. The van der Waals surface area contributed by atoms with Crippen molar-refractivity contribution in [2.45, 2.75) is 6.92 Å². The molecule has 0 radical (unpaired) electrons. The van der Waals surface area contributed by atoms with Gasteiger partial charge in [-0.15, -0.1) is 0 Å². The SMILES string of the molecule is CCOc1ncc(-c2cnc3[nH]cc(-c4ccnc(F)c4)c3c2)cc1NC(=O)/C=C/CN(C)C. The lowest BCUT2D eigenvalue weighted by molar-refractivity contribution is -0.111. The maximum Gasteiger partial charge on any atom is 0.248 e. The molecule has 0 fully saturated rings. The number of rotatable bonds is 8. The fraction of sp³-hybridized carbons (Fsp3) is 0.200. The number of ether oxygens (including phenoxy) is 1. The molecule has 0 aliphatic carbocycles. The van der Waals surface area contributed by atoms with Crippen molar-refractivity contribution < 1.29 is 13.9 Å². The number of aromatic amines is 1. The zero-order valence-electron chi connectivity index (χ0n) is 19.2. The van der Waals surface area contributed by atoms with Crippen LogP contribution in [-0.2, 0) is 4.79 Å². The van der Waals surface area contributed by atoms with Crippen LogP contribution in [0.3, 0.4) is 0 Å². The van der Waals surface area contributed by atoms with E-state index in [1.165, 1.54) is 18.3 Å². The first-order chi connectivity index (χ1) is 16.4. The lowest BCUT2D eigenvalue weighted by atomic mass is 10.0. The van der Waals surface area contributed by atoms with Gasteiger partial charge in [-0.05, 0) is 44.8 Å². The molecular formula is C25H25FN6O2. The number of carbonyl (C=O) groups excluding carboxylic acids is 1. The molecule has 34 heavy (non-hydrogen) atoms. The summed E-state index contributed by atoms with van der Waals surface area (Å²) in [7, 11) is 3.85. The second-order valence-corrected chi connectivity index (χ2v) is 7.85. The Labute approximate surface area is 196 Å². The number of fused-ring (bicyclic) bond motifs is 1. The highest BCUT2D eigenvalue weighted by atomic mass is 19.1. The Balaban J connectivity index is 1.69. The third-order valence-corrected chi connectivity index (χ3v) is 5.03. The lowest BCUT2D eigenvalue weighted by Crippen LogP contribution is -2.13. The normalized spacial score (nSPS) is 11.4. The third kappa shape index (κ3) is 5.26. The van der Waals surface area contributed by atoms with Gasteiger partial charge in [0.25, 0.3) is 0 Å². The zero-order chi connectivity index (χ0) is 24.1. The van der Waals surface area contributed by atoms with Gasteiger partial charge in [0.2, 0.25) is 17.7 Å². The average molecular weight is 461 g/mol. The average Bonchev–Trinajstić information content (AvgIpc) is 3.23. The molecule has 4 aromatic rings. The van der Waals surface area contributed by atoms with Crippen LogP contribution in [0.15, 0.2) is 61.2 Å². The maximum absolute atomic E-state index is 13.7. The van der Waals surface area contributed by atoms with Crippen LogP contribution in [0.25, 0.3) is 33.3 Å². The van der Waals surface area contributed by atoms with Crippen molar-refractivity contribution in [1.29, 1.82) is 0 Å². The second kappa shape index (κ2) is 10.2. The van der Waals surface area contributed by atoms with Gasteiger partial charge in [0, 0.05) is 65.6 Å². The van der Waals surface area contributed by atoms with Crippen LogP contribution < -0.4 is 10.1 Å². The lowest BCUT2D eigenvalue weighted by Gasteiger charge is -2.12. The van der Waals surface area contributed by atoms with Crippen LogP contribution in [0.1, 0.15) is 6.92 Å². The van der Waals surface area contributed by atoms with E-state index in [1.54, 1.807) is 36.8 Å². The zero-order valence-corrected chi connectivity index (χ0v) is 19.2. The van der Waals surface area contributed by atoms with Gasteiger partial charge in [-0.25, -0.2) is 15.0 Å². The van der Waals surface area contributed by atoms with Crippen molar-refractivity contribution in [3.8, 4) is 28.1 Å². The number of amides is 1. The van der Waals surface area contributed by atoms with E-state index < -0.39 is 5.95 Å². The highest BCUT2D eigenvalue weighted by molar-refractivity contribution is 6.01. The van der Waals surface area contributed by atoms with Gasteiger partial charge in [0.1, 0.15) is 11.3 Å². The quantitative estimate of drug-likeness (QED) is 0.301. The summed E-state index contributed by atoms with van der Waals surface area (Å²) in [6.45, 7) is 2.91. The van der Waals surface area contributed by atoms with Gasteiger partial charge in [-0.3, -0.25) is 4.79 Å². The Morgan fingerprint density at radius 1 is 1.15 bits per heavy atom. The minimum absolute atomic E-state index is 0.275. The fourth-order valence-corrected chi connectivity index (χ4v) is 3.47. The maximum atomic E-state index is 13.7. The van der Waals surface area contributed by atoms with E-state index in [0.29, 0.717) is 35.9 Å². The predicted octanol–water partition coefficient (Wildman–Crippen LogP) is 4.28. The van der Waals surface area contributed by atoms with E-state index in [-0.39, 0.29) is 5.91 Å². The van der Waals surface area contributed by atoms with Crippen LogP contribution in [0, 0.1) is 5.95 Å². The number of halogens is 1. The summed E-state index contributed by atoms with van der Waals surface area (Å²) in [5, 5.41) is 3.68. The Morgan fingerprint density at radius 3 is 2.71 bits per heavy atom. The molecule has 0 aliphatic heterocycles. The molecule has 174 valence electrons. The third-order valence-electron chi connectivity index (χ3n) is 5.03. The van der Waals surface area contributed by atoms with Gasteiger partial charge in [0.05, 0.1) is 6.61 Å². The molecule has 0 atom stereocenters. The van der Waals surface area contributed by atoms with Gasteiger partial charge in [0.15, 0.2) is 0 Å². The highest BCUT2D eigenvalue weighted by Crippen LogP contribution is 2.33. The number of nitrogens with one attached hydrogen (secondary N) is 2. The van der Waals surface area contributed by atoms with Crippen molar-refractivity contribution in [3.63, 3.8) is 0 Å². The standard InChI is InChI=1S/C25H25FN6O2/c1-4-34-25-21(31-23(33)6-5-9-32(2)3)11-18(14-30-25)17-10-19-20(15-29-24(19)28-13-17)16-7-8-27-22(26)12-16/h5-8,10-15H,4,9H2,1-3H3,(H,28,29)(H,31,33)/b6-5+. The minimum atomic E-state index is -0.549. The van der Waals surface area contributed by atoms with E-state index >= 15 is 0 Å². The van der Waals surface area contributed by atoms with Gasteiger partial charge in [-0.1, -0.05) is 6.08 Å². The topological polar surface area (TPSA) is 96.0 Å². The first kappa shape index (κ1) is 23.1. The molecule has 0 unspecified atom stereocenters. The number of likely N-dealkylation sites (N-methyl/N-ethyl adjacent to an activating group) is 1. The molecule has 0 aliphatic rings. The number of aromatic nitrogens is 4. The number of hydrogen-bond donors (Lipinski definition) is 2. The second-order valence-electron chi connectivity index (χ2n) is 7.85. The van der Waals surface area contributed by atoms with E-state index in [1.807, 2.05) is 32.0 Å².